The van der Waals surface area contributed by atoms with Crippen LogP contribution in [0.15, 0.2) is 36.4 Å². The van der Waals surface area contributed by atoms with Gasteiger partial charge >= 0.3 is 5.97 Å². The number of carbonyl (C=O) groups is 2. The molecule has 2 aromatic rings. The number of rotatable bonds is 6. The SMILES string of the molecule is CCCC(C)(NC(=O)c1cc(C)n(-c2ccccc2)c1C)C(=O)OC. The van der Waals surface area contributed by atoms with Gasteiger partial charge in [0.25, 0.3) is 5.91 Å². The first-order valence-electron chi connectivity index (χ1n) is 8.49. The average Bonchev–Trinajstić information content (AvgIpc) is 2.89. The van der Waals surface area contributed by atoms with Crippen molar-refractivity contribution in [3.8, 4) is 5.69 Å². The van der Waals surface area contributed by atoms with Crippen LogP contribution in [0.1, 0.15) is 48.4 Å². The molecule has 1 heterocycles. The zero-order chi connectivity index (χ0) is 18.6. The van der Waals surface area contributed by atoms with E-state index in [1.807, 2.05) is 61.7 Å². The van der Waals surface area contributed by atoms with E-state index >= 15 is 0 Å². The molecule has 0 saturated carbocycles. The molecule has 1 atom stereocenters. The molecule has 0 aliphatic heterocycles. The predicted octanol–water partition coefficient (Wildman–Crippen LogP) is 3.56. The lowest BCUT2D eigenvalue weighted by molar-refractivity contribution is -0.147. The van der Waals surface area contributed by atoms with Crippen molar-refractivity contribution < 1.29 is 14.3 Å². The van der Waals surface area contributed by atoms with E-state index in [9.17, 15) is 9.59 Å². The minimum absolute atomic E-state index is 0.267. The van der Waals surface area contributed by atoms with E-state index in [0.29, 0.717) is 12.0 Å². The highest BCUT2D eigenvalue weighted by molar-refractivity contribution is 5.99. The number of hydrogen-bond donors (Lipinski definition) is 1. The Balaban J connectivity index is 2.36. The Morgan fingerprint density at radius 2 is 1.84 bits per heavy atom. The topological polar surface area (TPSA) is 60.3 Å². The molecule has 0 radical (unpaired) electrons. The quantitative estimate of drug-likeness (QED) is 0.817. The normalized spacial score (nSPS) is 13.2. The summed E-state index contributed by atoms with van der Waals surface area (Å²) >= 11 is 0. The van der Waals surface area contributed by atoms with Crippen LogP contribution in [-0.2, 0) is 9.53 Å². The monoisotopic (exact) mass is 342 g/mol. The second kappa shape index (κ2) is 7.55. The van der Waals surface area contributed by atoms with Crippen LogP contribution in [0.5, 0.6) is 0 Å². The number of hydrogen-bond acceptors (Lipinski definition) is 3. The van der Waals surface area contributed by atoms with Gasteiger partial charge in [-0.05, 0) is 45.4 Å². The van der Waals surface area contributed by atoms with Crippen LogP contribution in [0.2, 0.25) is 0 Å². The molecule has 0 aliphatic carbocycles. The van der Waals surface area contributed by atoms with Crippen molar-refractivity contribution >= 4 is 11.9 Å². The van der Waals surface area contributed by atoms with Crippen LogP contribution in [0, 0.1) is 13.8 Å². The van der Waals surface area contributed by atoms with Crippen molar-refractivity contribution in [1.29, 1.82) is 0 Å². The number of nitrogens with zero attached hydrogens (tertiary/aromatic N) is 1. The minimum Gasteiger partial charge on any atom is -0.467 e. The lowest BCUT2D eigenvalue weighted by Crippen LogP contribution is -2.52. The van der Waals surface area contributed by atoms with Crippen molar-refractivity contribution in [2.45, 2.75) is 46.1 Å². The maximum Gasteiger partial charge on any atom is 0.331 e. The van der Waals surface area contributed by atoms with Crippen molar-refractivity contribution in [3.63, 3.8) is 0 Å². The molecule has 1 unspecified atom stereocenters. The van der Waals surface area contributed by atoms with E-state index in [1.165, 1.54) is 7.11 Å². The van der Waals surface area contributed by atoms with Gasteiger partial charge in [0, 0.05) is 17.1 Å². The summed E-state index contributed by atoms with van der Waals surface area (Å²) in [5.74, 6) is -0.698. The first-order valence-corrected chi connectivity index (χ1v) is 8.49. The van der Waals surface area contributed by atoms with Crippen LogP contribution >= 0.6 is 0 Å². The number of para-hydroxylation sites is 1. The number of methoxy groups -OCH3 is 1. The van der Waals surface area contributed by atoms with Gasteiger partial charge in [-0.3, -0.25) is 4.79 Å². The summed E-state index contributed by atoms with van der Waals surface area (Å²) in [5, 5.41) is 2.87. The fraction of sp³-hybridized carbons (Fsp3) is 0.400. The van der Waals surface area contributed by atoms with Gasteiger partial charge < -0.3 is 14.6 Å². The van der Waals surface area contributed by atoms with E-state index in [0.717, 1.165) is 23.5 Å². The van der Waals surface area contributed by atoms with Crippen LogP contribution in [0.25, 0.3) is 5.69 Å². The van der Waals surface area contributed by atoms with Gasteiger partial charge in [-0.1, -0.05) is 31.5 Å². The second-order valence-corrected chi connectivity index (χ2v) is 6.48. The third kappa shape index (κ3) is 3.76. The van der Waals surface area contributed by atoms with E-state index in [1.54, 1.807) is 6.92 Å². The summed E-state index contributed by atoms with van der Waals surface area (Å²) in [4.78, 5) is 25.0. The number of carbonyl (C=O) groups excluding carboxylic acids is 2. The van der Waals surface area contributed by atoms with Crippen LogP contribution in [0.4, 0.5) is 0 Å². The second-order valence-electron chi connectivity index (χ2n) is 6.48. The zero-order valence-corrected chi connectivity index (χ0v) is 15.6. The highest BCUT2D eigenvalue weighted by atomic mass is 16.5. The molecule has 25 heavy (non-hydrogen) atoms. The number of esters is 1. The number of aromatic nitrogens is 1. The van der Waals surface area contributed by atoms with Crippen LogP contribution in [0.3, 0.4) is 0 Å². The molecule has 0 spiro atoms. The Kier molecular flexibility index (Phi) is 5.67. The van der Waals surface area contributed by atoms with E-state index in [-0.39, 0.29) is 5.91 Å². The Morgan fingerprint density at radius 1 is 1.20 bits per heavy atom. The highest BCUT2D eigenvalue weighted by Gasteiger charge is 2.36. The fourth-order valence-corrected chi connectivity index (χ4v) is 3.23. The molecule has 134 valence electrons. The molecule has 1 aromatic carbocycles. The van der Waals surface area contributed by atoms with E-state index in [4.69, 9.17) is 4.74 Å². The summed E-state index contributed by atoms with van der Waals surface area (Å²) in [6.45, 7) is 7.54. The Hall–Kier alpha value is -2.56. The van der Waals surface area contributed by atoms with Crippen LogP contribution in [-0.4, -0.2) is 29.1 Å². The fourth-order valence-electron chi connectivity index (χ4n) is 3.23. The van der Waals surface area contributed by atoms with E-state index in [2.05, 4.69) is 5.32 Å². The number of benzene rings is 1. The minimum atomic E-state index is -1.03. The van der Waals surface area contributed by atoms with Gasteiger partial charge in [0.05, 0.1) is 12.7 Å². The Labute approximate surface area is 149 Å². The standard InChI is InChI=1S/C20H26N2O3/c1-6-12-20(4,19(24)25-5)21-18(23)17-13-14(2)22(15(17)3)16-10-8-7-9-11-16/h7-11,13H,6,12H2,1-5H3,(H,21,23). The summed E-state index contributed by atoms with van der Waals surface area (Å²) < 4.78 is 6.91. The molecule has 1 amide bonds. The lowest BCUT2D eigenvalue weighted by Gasteiger charge is -2.27. The number of amides is 1. The molecule has 1 N–H and O–H groups in total. The van der Waals surface area contributed by atoms with Gasteiger partial charge in [0.2, 0.25) is 0 Å². The number of nitrogens with one attached hydrogen (secondary N) is 1. The van der Waals surface area contributed by atoms with E-state index < -0.39 is 11.5 Å². The summed E-state index contributed by atoms with van der Waals surface area (Å²) in [6, 6.07) is 11.7. The van der Waals surface area contributed by atoms with Crippen molar-refractivity contribution in [1.82, 2.24) is 9.88 Å². The molecule has 1 aromatic heterocycles. The smallest absolute Gasteiger partial charge is 0.331 e. The maximum atomic E-state index is 12.8. The lowest BCUT2D eigenvalue weighted by atomic mass is 9.95. The van der Waals surface area contributed by atoms with Gasteiger partial charge in [-0.15, -0.1) is 0 Å². The third-order valence-electron chi connectivity index (χ3n) is 4.47. The van der Waals surface area contributed by atoms with Gasteiger partial charge in [0.15, 0.2) is 0 Å². The largest absolute Gasteiger partial charge is 0.467 e. The molecule has 0 aliphatic rings. The predicted molar refractivity (Wildman–Crippen MR) is 98.0 cm³/mol. The molecule has 2 rings (SSSR count). The van der Waals surface area contributed by atoms with Crippen LogP contribution < -0.4 is 5.32 Å². The Morgan fingerprint density at radius 3 is 2.40 bits per heavy atom. The molecule has 0 saturated heterocycles. The average molecular weight is 342 g/mol. The van der Waals surface area contributed by atoms with Gasteiger partial charge in [0.1, 0.15) is 5.54 Å². The first-order chi connectivity index (χ1) is 11.8. The molecule has 0 bridgehead atoms. The maximum absolute atomic E-state index is 12.8. The van der Waals surface area contributed by atoms with Crippen molar-refractivity contribution in [2.75, 3.05) is 7.11 Å². The summed E-state index contributed by atoms with van der Waals surface area (Å²) in [5.41, 5.74) is 2.33. The summed E-state index contributed by atoms with van der Waals surface area (Å²) in [6.07, 6.45) is 1.28. The van der Waals surface area contributed by atoms with Crippen molar-refractivity contribution in [2.24, 2.45) is 0 Å². The molecular formula is C20H26N2O3. The Bertz CT molecular complexity index is 765. The molecule has 5 nitrogen and oxygen atoms in total. The van der Waals surface area contributed by atoms with Gasteiger partial charge in [-0.25, -0.2) is 4.79 Å². The first kappa shape index (κ1) is 18.8. The third-order valence-corrected chi connectivity index (χ3v) is 4.47. The molecule has 5 heteroatoms. The highest BCUT2D eigenvalue weighted by Crippen LogP contribution is 2.22. The van der Waals surface area contributed by atoms with Gasteiger partial charge in [-0.2, -0.15) is 0 Å². The molecule has 0 fully saturated rings. The molecular weight excluding hydrogens is 316 g/mol. The number of ether oxygens (including phenoxy) is 1. The number of aryl methyl sites for hydroxylation is 1. The summed E-state index contributed by atoms with van der Waals surface area (Å²) in [7, 11) is 1.34. The zero-order valence-electron chi connectivity index (χ0n) is 15.6. The van der Waals surface area contributed by atoms with Crippen molar-refractivity contribution in [3.05, 3.63) is 53.3 Å².